The largest absolute Gasteiger partial charge is 0.497 e. The van der Waals surface area contributed by atoms with E-state index in [1.165, 1.54) is 18.2 Å². The Labute approximate surface area is 708 Å². The number of benzene rings is 6. The van der Waals surface area contributed by atoms with E-state index in [0.717, 1.165) is 103 Å². The number of hydrogen-bond donors (Lipinski definition) is 6. The maximum Gasteiger partial charge on any atom is 0.406 e. The van der Waals surface area contributed by atoms with Gasteiger partial charge in [-0.3, -0.25) is 42.0 Å². The molecule has 2 heterocycles. The summed E-state index contributed by atoms with van der Waals surface area (Å²) in [6.45, 7) is 30.4. The van der Waals surface area contributed by atoms with Gasteiger partial charge in [-0.15, -0.1) is 0 Å². The van der Waals surface area contributed by atoms with Crippen molar-refractivity contribution >= 4 is 52.9 Å². The molecule has 118 heavy (non-hydrogen) atoms. The first kappa shape index (κ1) is 100. The number of unbranched alkanes of at least 4 members (excludes halogenated alkanes) is 4. The van der Waals surface area contributed by atoms with Crippen LogP contribution < -0.4 is 45.4 Å². The lowest BCUT2D eigenvalue weighted by Gasteiger charge is -2.45. The molecule has 0 aliphatic carbocycles. The molecule has 2 aliphatic rings. The summed E-state index contributed by atoms with van der Waals surface area (Å²) in [5, 5.41) is 19.4. The van der Waals surface area contributed by atoms with Gasteiger partial charge >= 0.3 is 35.2 Å². The molecule has 25 nitrogen and oxygen atoms in total. The van der Waals surface area contributed by atoms with Gasteiger partial charge in [-0.1, -0.05) is 140 Å². The second-order valence-corrected chi connectivity index (χ2v) is 38.5. The van der Waals surface area contributed by atoms with Crippen molar-refractivity contribution in [2.24, 2.45) is 0 Å². The first-order valence-corrected chi connectivity index (χ1v) is 47.0. The molecule has 0 spiro atoms. The molecule has 7 atom stereocenters. The fraction of sp³-hybridized carbons (Fsp3) is 0.562. The van der Waals surface area contributed by atoms with E-state index in [2.05, 4.69) is 138 Å². The van der Waals surface area contributed by atoms with Gasteiger partial charge in [0.15, 0.2) is 0 Å². The van der Waals surface area contributed by atoms with Gasteiger partial charge in [0.25, 0.3) is 0 Å². The van der Waals surface area contributed by atoms with Crippen molar-refractivity contribution in [1.29, 1.82) is 0 Å². The Bertz CT molecular complexity index is 3940. The maximum absolute atomic E-state index is 14.4. The Hall–Kier alpha value is -6.51. The molecule has 2 aliphatic heterocycles. The Kier molecular flexibility index (Phi) is 42.1. The lowest BCUT2D eigenvalue weighted by molar-refractivity contribution is -0.140. The highest BCUT2D eigenvalue weighted by Gasteiger charge is 2.57. The van der Waals surface area contributed by atoms with Crippen LogP contribution >= 0.6 is 35.0 Å². The molecule has 6 aromatic rings. The van der Waals surface area contributed by atoms with Crippen molar-refractivity contribution in [3.05, 3.63) is 197 Å². The van der Waals surface area contributed by atoms with Crippen LogP contribution in [0.5, 0.6) is 17.2 Å². The zero-order valence-electron chi connectivity index (χ0n) is 73.1. The molecule has 6 aromatic carbocycles. The second-order valence-electron chi connectivity index (χ2n) is 32.1. The summed E-state index contributed by atoms with van der Waals surface area (Å²) in [6.07, 6.45) is 7.64. The number of ether oxygens (including phenoxy) is 6. The van der Waals surface area contributed by atoms with E-state index < -0.39 is 51.1 Å². The molecule has 656 valence electrons. The third-order valence-corrected chi connectivity index (χ3v) is 26.4. The molecule has 0 saturated carbocycles. The standard InChI is InChI=1S/C43H61N4O8PS.C32H45N2O4P.C14H30NO6P/c1-7-53-29-30-54-56(50,55-42(2,3)4)45-28-13-9-12-27-44-39(48)18-14-17-38-40-37(31-57-38)47(41(49)46-40)43(32-15-10-8-11-16-32,33-19-23-35(51-5)24-20-33)34-21-25-36(52-6)26-22-34;1-26(2)37-39(35,38-31(3,4)5)34-25-15-9-14-24-33-32(27-16-10-7-11-17-27,28-18-12-8-13-19-28)29-20-22-30(36-6)23-21-29;1-7-19-10-11-20-22(17,21-14(3,4)5)15-12(2)8-9-13(16)18-6/h8,10-11,15-16,19-26,37-38,40H,7,9,12-14,17-18,27-31H2,1-6H3,(H,44,48)(H,45,50)(H,46,49);7-8,10-13,16-23,26,33H,9,14-15,24-25H2,1-6H3,(H,34,35);12H,7-11H2,1-6H3,(H,15,17). The molecule has 2 saturated heterocycles. The van der Waals surface area contributed by atoms with Crippen LogP contribution in [0, 0.1) is 0 Å². The van der Waals surface area contributed by atoms with Gasteiger partial charge in [0.05, 0.1) is 95.4 Å². The average Bonchev–Trinajstić information content (AvgIpc) is 1.50. The van der Waals surface area contributed by atoms with E-state index in [9.17, 15) is 28.1 Å². The molecule has 3 amide bonds. The fourth-order valence-corrected chi connectivity index (χ4v) is 20.9. The molecular weight excluding hydrogens is 1580 g/mol. The third-order valence-electron chi connectivity index (χ3n) is 18.9. The zero-order valence-corrected chi connectivity index (χ0v) is 76.6. The van der Waals surface area contributed by atoms with Crippen LogP contribution in [0.25, 0.3) is 0 Å². The van der Waals surface area contributed by atoms with E-state index in [1.807, 2.05) is 155 Å². The summed E-state index contributed by atoms with van der Waals surface area (Å²) < 4.78 is 104. The van der Waals surface area contributed by atoms with Gasteiger partial charge in [-0.2, -0.15) is 11.8 Å². The minimum atomic E-state index is -3.49. The van der Waals surface area contributed by atoms with Crippen LogP contribution in [0.1, 0.15) is 201 Å². The topological polar surface area (TPSA) is 289 Å². The summed E-state index contributed by atoms with van der Waals surface area (Å²) in [4.78, 5) is 40.4. The summed E-state index contributed by atoms with van der Waals surface area (Å²) in [5.41, 5.74) is 3.09. The molecule has 7 unspecified atom stereocenters. The number of urea groups is 1. The van der Waals surface area contributed by atoms with Crippen LogP contribution in [0.4, 0.5) is 4.79 Å². The van der Waals surface area contributed by atoms with Crippen molar-refractivity contribution in [3.63, 3.8) is 0 Å². The van der Waals surface area contributed by atoms with E-state index in [1.54, 1.807) is 42.1 Å². The highest BCUT2D eigenvalue weighted by Crippen LogP contribution is 2.53. The van der Waals surface area contributed by atoms with Gasteiger partial charge in [-0.25, -0.2) is 33.8 Å². The molecule has 8 rings (SSSR count). The number of thioether (sulfide) groups is 1. The lowest BCUT2D eigenvalue weighted by atomic mass is 9.74. The second kappa shape index (κ2) is 49.6. The summed E-state index contributed by atoms with van der Waals surface area (Å²) >= 11 is 1.87. The van der Waals surface area contributed by atoms with Crippen molar-refractivity contribution in [2.45, 2.75) is 225 Å². The van der Waals surface area contributed by atoms with Crippen molar-refractivity contribution in [3.8, 4) is 17.2 Å². The molecule has 29 heteroatoms. The number of rotatable bonds is 49. The monoisotopic (exact) mass is 1720 g/mol. The highest BCUT2D eigenvalue weighted by atomic mass is 32.2. The molecule has 0 radical (unpaired) electrons. The summed E-state index contributed by atoms with van der Waals surface area (Å²) in [6, 6.07) is 55.1. The summed E-state index contributed by atoms with van der Waals surface area (Å²) in [7, 11) is -4.02. The first-order valence-electron chi connectivity index (χ1n) is 41.4. The van der Waals surface area contributed by atoms with Gasteiger partial charge in [0, 0.05) is 62.7 Å². The molecule has 0 bridgehead atoms. The van der Waals surface area contributed by atoms with E-state index >= 15 is 0 Å². The minimum absolute atomic E-state index is 0.0256. The quantitative estimate of drug-likeness (QED) is 0.00680. The average molecular weight is 1720 g/mol. The number of carbonyl (C=O) groups is 3. The number of carbonyl (C=O) groups excluding carboxylic acids is 3. The Morgan fingerprint density at radius 2 is 0.924 bits per heavy atom. The van der Waals surface area contributed by atoms with Crippen LogP contribution in [-0.4, -0.2) is 169 Å². The Balaban J connectivity index is 0.000000305. The third kappa shape index (κ3) is 32.7. The first-order chi connectivity index (χ1) is 56.1. The van der Waals surface area contributed by atoms with E-state index in [4.69, 9.17) is 50.8 Å². The Morgan fingerprint density at radius 1 is 0.508 bits per heavy atom. The maximum atomic E-state index is 14.4. The van der Waals surface area contributed by atoms with Gasteiger partial charge in [0.1, 0.15) is 22.8 Å². The van der Waals surface area contributed by atoms with Crippen LogP contribution in [-0.2, 0) is 75.7 Å². The normalized spacial score (nSPS) is 16.8. The number of nitrogens with one attached hydrogen (secondary N) is 6. The predicted molar refractivity (Wildman–Crippen MR) is 471 cm³/mol. The lowest BCUT2D eigenvalue weighted by Crippen LogP contribution is -2.53. The molecular formula is C89H136N7O18P3S. The van der Waals surface area contributed by atoms with Gasteiger partial charge < -0.3 is 44.0 Å². The highest BCUT2D eigenvalue weighted by molar-refractivity contribution is 8.00. The van der Waals surface area contributed by atoms with Crippen molar-refractivity contribution < 1.29 is 83.6 Å². The van der Waals surface area contributed by atoms with Crippen LogP contribution in [0.2, 0.25) is 0 Å². The van der Waals surface area contributed by atoms with E-state index in [0.29, 0.717) is 58.9 Å². The number of amides is 3. The number of fused-ring (bicyclic) bond motifs is 1. The smallest absolute Gasteiger partial charge is 0.406 e. The van der Waals surface area contributed by atoms with Crippen molar-refractivity contribution in [1.82, 2.24) is 36.1 Å². The minimum Gasteiger partial charge on any atom is -0.497 e. The van der Waals surface area contributed by atoms with E-state index in [-0.39, 0.29) is 67.0 Å². The Morgan fingerprint density at radius 3 is 1.38 bits per heavy atom. The number of hydrogen-bond acceptors (Lipinski definition) is 20. The van der Waals surface area contributed by atoms with Crippen molar-refractivity contribution in [2.75, 3.05) is 100 Å². The molecule has 6 N–H and O–H groups in total. The summed E-state index contributed by atoms with van der Waals surface area (Å²) in [5.74, 6) is 2.79. The van der Waals surface area contributed by atoms with Gasteiger partial charge in [0.2, 0.25) is 5.91 Å². The number of methoxy groups -OCH3 is 4. The SMILES string of the molecule is CCOCCOP(=O)(NC(C)CCC(=O)OC)OC(C)(C)C.CCOCCOP(=O)(NCCCCCNC(=O)CCCC1SCC2C1NC(=O)N2C(c1ccccc1)(c1ccc(OC)cc1)c1ccc(OC)cc1)OC(C)(C)C.COc1ccc(C(NCCCCCNP(=O)(OC(C)C)OC(C)(C)C)(c2ccccc2)c2ccccc2)cc1. The molecule has 2 fully saturated rings. The zero-order chi connectivity index (χ0) is 86.5. The predicted octanol–water partition coefficient (Wildman–Crippen LogP) is 18.5. The fourth-order valence-electron chi connectivity index (χ4n) is 13.9. The molecule has 0 aromatic heterocycles. The number of esters is 1. The van der Waals surface area contributed by atoms with Gasteiger partial charge in [-0.05, 0) is 218 Å². The van der Waals surface area contributed by atoms with Crippen LogP contribution in [0.3, 0.4) is 0 Å². The number of nitrogens with zero attached hydrogens (tertiary/aromatic N) is 1. The van der Waals surface area contributed by atoms with Crippen LogP contribution in [0.15, 0.2) is 164 Å².